The highest BCUT2D eigenvalue weighted by atomic mass is 79.9. The van der Waals surface area contributed by atoms with E-state index >= 15 is 0 Å². The molecular formula is C15H12BrCl2N3. The van der Waals surface area contributed by atoms with E-state index in [0.717, 1.165) is 32.8 Å². The Bertz CT molecular complexity index is 814. The predicted octanol–water partition coefficient (Wildman–Crippen LogP) is 4.93. The number of hydrogen-bond donors (Lipinski definition) is 0. The number of hydrogen-bond acceptors (Lipinski definition) is 2. The first-order valence-electron chi connectivity index (χ1n) is 6.46. The number of rotatable bonds is 3. The molecule has 108 valence electrons. The SMILES string of the molecule is Cc1ccc2nc(CCCl)n(-c3cc(Cl)ccc3Br)c2n1. The summed E-state index contributed by atoms with van der Waals surface area (Å²) in [4.78, 5) is 9.26. The number of aryl methyl sites for hydroxylation is 2. The Morgan fingerprint density at radius 2 is 2.00 bits per heavy atom. The highest BCUT2D eigenvalue weighted by molar-refractivity contribution is 9.10. The lowest BCUT2D eigenvalue weighted by atomic mass is 10.3. The fraction of sp³-hybridized carbons (Fsp3) is 0.200. The molecule has 0 saturated heterocycles. The van der Waals surface area contributed by atoms with Gasteiger partial charge in [-0.2, -0.15) is 0 Å². The second kappa shape index (κ2) is 5.95. The van der Waals surface area contributed by atoms with Crippen LogP contribution in [0.3, 0.4) is 0 Å². The number of fused-ring (bicyclic) bond motifs is 1. The number of pyridine rings is 1. The van der Waals surface area contributed by atoms with E-state index in [4.69, 9.17) is 23.2 Å². The summed E-state index contributed by atoms with van der Waals surface area (Å²) in [6.45, 7) is 1.96. The molecule has 0 bridgehead atoms. The molecule has 0 spiro atoms. The Morgan fingerprint density at radius 1 is 1.19 bits per heavy atom. The van der Waals surface area contributed by atoms with Gasteiger partial charge < -0.3 is 0 Å². The third kappa shape index (κ3) is 2.80. The predicted molar refractivity (Wildman–Crippen MR) is 90.7 cm³/mol. The summed E-state index contributed by atoms with van der Waals surface area (Å²) in [6, 6.07) is 9.59. The van der Waals surface area contributed by atoms with Crippen molar-refractivity contribution in [2.75, 3.05) is 5.88 Å². The molecule has 0 aliphatic heterocycles. The molecule has 0 radical (unpaired) electrons. The summed E-state index contributed by atoms with van der Waals surface area (Å²) >= 11 is 15.6. The Kier molecular flexibility index (Phi) is 4.20. The van der Waals surface area contributed by atoms with Gasteiger partial charge in [0.15, 0.2) is 5.65 Å². The fourth-order valence-corrected chi connectivity index (χ4v) is 3.02. The number of halogens is 3. The van der Waals surface area contributed by atoms with Crippen LogP contribution in [0.15, 0.2) is 34.8 Å². The van der Waals surface area contributed by atoms with E-state index in [1.165, 1.54) is 0 Å². The smallest absolute Gasteiger partial charge is 0.164 e. The van der Waals surface area contributed by atoms with Crippen molar-refractivity contribution in [3.8, 4) is 5.69 Å². The van der Waals surface area contributed by atoms with Crippen molar-refractivity contribution < 1.29 is 0 Å². The lowest BCUT2D eigenvalue weighted by molar-refractivity contribution is 0.901. The van der Waals surface area contributed by atoms with Crippen molar-refractivity contribution in [3.63, 3.8) is 0 Å². The first-order valence-corrected chi connectivity index (χ1v) is 8.17. The van der Waals surface area contributed by atoms with Gasteiger partial charge in [-0.05, 0) is 53.2 Å². The third-order valence-electron chi connectivity index (χ3n) is 3.18. The molecule has 3 rings (SSSR count). The lowest BCUT2D eigenvalue weighted by Gasteiger charge is -2.11. The van der Waals surface area contributed by atoms with Gasteiger partial charge in [0.25, 0.3) is 0 Å². The van der Waals surface area contributed by atoms with Crippen molar-refractivity contribution in [1.82, 2.24) is 14.5 Å². The minimum absolute atomic E-state index is 0.500. The average molecular weight is 385 g/mol. The van der Waals surface area contributed by atoms with E-state index in [1.54, 1.807) is 0 Å². The molecule has 0 saturated carbocycles. The van der Waals surface area contributed by atoms with E-state index < -0.39 is 0 Å². The van der Waals surface area contributed by atoms with Crippen LogP contribution in [0.25, 0.3) is 16.9 Å². The molecule has 0 atom stereocenters. The molecule has 0 unspecified atom stereocenters. The van der Waals surface area contributed by atoms with Gasteiger partial charge in [0, 0.05) is 27.5 Å². The average Bonchev–Trinajstić information content (AvgIpc) is 2.79. The quantitative estimate of drug-likeness (QED) is 0.599. The highest BCUT2D eigenvalue weighted by Gasteiger charge is 2.15. The Morgan fingerprint density at radius 3 is 2.76 bits per heavy atom. The summed E-state index contributed by atoms with van der Waals surface area (Å²) in [7, 11) is 0. The van der Waals surface area contributed by atoms with Crippen LogP contribution in [0.5, 0.6) is 0 Å². The Hall–Kier alpha value is -1.10. The summed E-state index contributed by atoms with van der Waals surface area (Å²) < 4.78 is 2.95. The van der Waals surface area contributed by atoms with Crippen LogP contribution in [0.2, 0.25) is 5.02 Å². The van der Waals surface area contributed by atoms with Gasteiger partial charge in [-0.15, -0.1) is 11.6 Å². The zero-order valence-electron chi connectivity index (χ0n) is 11.3. The molecule has 2 heterocycles. The molecular weight excluding hydrogens is 373 g/mol. The maximum absolute atomic E-state index is 6.14. The van der Waals surface area contributed by atoms with Crippen LogP contribution in [-0.4, -0.2) is 20.4 Å². The van der Waals surface area contributed by atoms with Crippen molar-refractivity contribution in [1.29, 1.82) is 0 Å². The van der Waals surface area contributed by atoms with Crippen molar-refractivity contribution in [2.24, 2.45) is 0 Å². The summed E-state index contributed by atoms with van der Waals surface area (Å²) in [5.74, 6) is 1.38. The molecule has 0 aliphatic carbocycles. The van der Waals surface area contributed by atoms with Crippen LogP contribution < -0.4 is 0 Å². The van der Waals surface area contributed by atoms with E-state index in [0.29, 0.717) is 17.3 Å². The van der Waals surface area contributed by atoms with Crippen LogP contribution in [-0.2, 0) is 6.42 Å². The maximum atomic E-state index is 6.14. The minimum atomic E-state index is 0.500. The fourth-order valence-electron chi connectivity index (χ4n) is 2.26. The molecule has 6 heteroatoms. The second-order valence-corrected chi connectivity index (χ2v) is 6.36. The second-order valence-electron chi connectivity index (χ2n) is 4.69. The number of benzene rings is 1. The molecule has 0 amide bonds. The standard InChI is InChI=1S/C15H12BrCl2N3/c1-9-2-5-12-15(19-9)21(14(20-12)6-7-17)13-8-10(18)3-4-11(13)16/h2-5,8H,6-7H2,1H3. The summed E-state index contributed by atoms with van der Waals surface area (Å²) in [5.41, 5.74) is 3.54. The van der Waals surface area contributed by atoms with Gasteiger partial charge in [0.05, 0.1) is 5.69 Å². The van der Waals surface area contributed by atoms with Gasteiger partial charge in [0.2, 0.25) is 0 Å². The zero-order valence-corrected chi connectivity index (χ0v) is 14.4. The first kappa shape index (κ1) is 14.8. The summed E-state index contributed by atoms with van der Waals surface area (Å²) in [5, 5.41) is 0.666. The van der Waals surface area contributed by atoms with E-state index in [9.17, 15) is 0 Å². The molecule has 2 aromatic heterocycles. The van der Waals surface area contributed by atoms with Gasteiger partial charge in [-0.25, -0.2) is 9.97 Å². The molecule has 21 heavy (non-hydrogen) atoms. The Labute approximate surface area is 141 Å². The van der Waals surface area contributed by atoms with Gasteiger partial charge >= 0.3 is 0 Å². The summed E-state index contributed by atoms with van der Waals surface area (Å²) in [6.07, 6.45) is 0.663. The lowest BCUT2D eigenvalue weighted by Crippen LogP contribution is -2.04. The molecule has 0 aliphatic rings. The Balaban J connectivity index is 2.35. The van der Waals surface area contributed by atoms with Crippen LogP contribution in [0.1, 0.15) is 11.5 Å². The van der Waals surface area contributed by atoms with Gasteiger partial charge in [0.1, 0.15) is 11.3 Å². The molecule has 0 fully saturated rings. The van der Waals surface area contributed by atoms with Crippen LogP contribution in [0.4, 0.5) is 0 Å². The molecule has 3 aromatic rings. The maximum Gasteiger partial charge on any atom is 0.164 e. The van der Waals surface area contributed by atoms with E-state index in [-0.39, 0.29) is 0 Å². The largest absolute Gasteiger partial charge is 0.279 e. The number of imidazole rings is 1. The molecule has 1 aromatic carbocycles. The van der Waals surface area contributed by atoms with E-state index in [1.807, 2.05) is 41.8 Å². The van der Waals surface area contributed by atoms with Crippen LogP contribution in [0, 0.1) is 6.92 Å². The van der Waals surface area contributed by atoms with Gasteiger partial charge in [-0.1, -0.05) is 11.6 Å². The van der Waals surface area contributed by atoms with Crippen molar-refractivity contribution >= 4 is 50.3 Å². The zero-order chi connectivity index (χ0) is 15.0. The van der Waals surface area contributed by atoms with Crippen molar-refractivity contribution in [3.05, 3.63) is 51.3 Å². The molecule has 3 nitrogen and oxygen atoms in total. The van der Waals surface area contributed by atoms with Gasteiger partial charge in [-0.3, -0.25) is 4.57 Å². The minimum Gasteiger partial charge on any atom is -0.279 e. The topological polar surface area (TPSA) is 30.7 Å². The van der Waals surface area contributed by atoms with E-state index in [2.05, 4.69) is 25.9 Å². The number of alkyl halides is 1. The number of nitrogens with zero attached hydrogens (tertiary/aromatic N) is 3. The first-order chi connectivity index (χ1) is 10.1. The van der Waals surface area contributed by atoms with Crippen molar-refractivity contribution in [2.45, 2.75) is 13.3 Å². The number of aromatic nitrogens is 3. The van der Waals surface area contributed by atoms with Crippen LogP contribution >= 0.6 is 39.1 Å². The monoisotopic (exact) mass is 383 g/mol. The normalized spacial score (nSPS) is 11.2. The third-order valence-corrected chi connectivity index (χ3v) is 4.28. The molecule has 0 N–H and O–H groups in total. The highest BCUT2D eigenvalue weighted by Crippen LogP contribution is 2.29.